The maximum atomic E-state index is 5.70. The molecule has 0 radical (unpaired) electrons. The zero-order valence-electron chi connectivity index (χ0n) is 12.4. The smallest absolute Gasteiger partial charge is 0.0551 e. The molecule has 2 fully saturated rings. The largest absolute Gasteiger partial charge is 0.378 e. The van der Waals surface area contributed by atoms with E-state index in [1.54, 1.807) is 5.56 Å². The Morgan fingerprint density at radius 2 is 1.80 bits per heavy atom. The van der Waals surface area contributed by atoms with Crippen LogP contribution < -0.4 is 0 Å². The zero-order chi connectivity index (χ0) is 13.9. The van der Waals surface area contributed by atoms with Crippen LogP contribution >= 0.6 is 15.9 Å². The Bertz CT molecular complexity index is 422. The van der Waals surface area contributed by atoms with Gasteiger partial charge < -0.3 is 4.74 Å². The van der Waals surface area contributed by atoms with Crippen molar-refractivity contribution in [3.05, 3.63) is 35.4 Å². The van der Waals surface area contributed by atoms with Crippen LogP contribution in [0.15, 0.2) is 24.3 Å². The number of ether oxygens (including phenoxy) is 1. The molecule has 1 saturated carbocycles. The van der Waals surface area contributed by atoms with Gasteiger partial charge in [-0.25, -0.2) is 0 Å². The van der Waals surface area contributed by atoms with E-state index in [4.69, 9.17) is 4.74 Å². The summed E-state index contributed by atoms with van der Waals surface area (Å²) in [5.41, 5.74) is 2.96. The third-order valence-corrected chi connectivity index (χ3v) is 6.25. The molecule has 1 aliphatic carbocycles. The molecule has 1 aromatic carbocycles. The number of halogens is 1. The van der Waals surface area contributed by atoms with Gasteiger partial charge in [0, 0.05) is 10.7 Å². The molecular weight excluding hydrogens is 312 g/mol. The third-order valence-electron chi connectivity index (χ3n) is 4.97. The fraction of sp³-hybridized carbons (Fsp3) is 0.667. The van der Waals surface area contributed by atoms with Crippen LogP contribution in [0.3, 0.4) is 0 Å². The number of alkyl halides is 1. The first-order valence-electron chi connectivity index (χ1n) is 8.09. The molecule has 0 amide bonds. The monoisotopic (exact) mass is 336 g/mol. The molecule has 1 saturated heterocycles. The van der Waals surface area contributed by atoms with E-state index >= 15 is 0 Å². The van der Waals surface area contributed by atoms with E-state index < -0.39 is 0 Å². The van der Waals surface area contributed by atoms with E-state index in [1.807, 2.05) is 0 Å². The van der Waals surface area contributed by atoms with Gasteiger partial charge in [-0.1, -0.05) is 59.5 Å². The molecule has 1 nitrogen and oxygen atoms in total. The number of hydrogen-bond donors (Lipinski definition) is 0. The van der Waals surface area contributed by atoms with E-state index in [1.165, 1.54) is 44.1 Å². The number of hydrogen-bond acceptors (Lipinski definition) is 1. The quantitative estimate of drug-likeness (QED) is 0.653. The Labute approximate surface area is 131 Å². The maximum absolute atomic E-state index is 5.70. The highest BCUT2D eigenvalue weighted by molar-refractivity contribution is 9.09. The molecule has 1 aromatic rings. The lowest BCUT2D eigenvalue weighted by Crippen LogP contribution is -2.08. The molecule has 3 unspecified atom stereocenters. The first kappa shape index (κ1) is 14.6. The zero-order valence-corrected chi connectivity index (χ0v) is 13.9. The molecule has 3 atom stereocenters. The van der Waals surface area contributed by atoms with E-state index in [-0.39, 0.29) is 0 Å². The van der Waals surface area contributed by atoms with Crippen molar-refractivity contribution in [2.45, 2.75) is 62.3 Å². The molecule has 2 heteroatoms. The minimum atomic E-state index is 0.418. The van der Waals surface area contributed by atoms with Gasteiger partial charge in [0.15, 0.2) is 0 Å². The first-order valence-corrected chi connectivity index (χ1v) is 9.01. The van der Waals surface area contributed by atoms with Gasteiger partial charge in [0.05, 0.1) is 12.7 Å². The minimum absolute atomic E-state index is 0.418. The second-order valence-corrected chi connectivity index (χ2v) is 7.53. The summed E-state index contributed by atoms with van der Waals surface area (Å²) in [5, 5.41) is 0. The van der Waals surface area contributed by atoms with Crippen molar-refractivity contribution in [2.75, 3.05) is 6.61 Å². The van der Waals surface area contributed by atoms with Gasteiger partial charge in [-0.05, 0) is 43.2 Å². The lowest BCUT2D eigenvalue weighted by molar-refractivity contribution is 0.120. The highest BCUT2D eigenvalue weighted by Gasteiger charge is 2.29. The summed E-state index contributed by atoms with van der Waals surface area (Å²) in [5.74, 6) is 1.42. The van der Waals surface area contributed by atoms with Crippen molar-refractivity contribution < 1.29 is 4.74 Å². The van der Waals surface area contributed by atoms with Crippen molar-refractivity contribution in [3.8, 4) is 0 Å². The fourth-order valence-corrected chi connectivity index (χ4v) is 4.39. The van der Waals surface area contributed by atoms with Gasteiger partial charge in [0.25, 0.3) is 0 Å². The van der Waals surface area contributed by atoms with E-state index in [9.17, 15) is 0 Å². The molecule has 1 heterocycles. The first-order chi connectivity index (χ1) is 9.74. The second kappa shape index (κ2) is 6.62. The van der Waals surface area contributed by atoms with Crippen LogP contribution in [0.2, 0.25) is 0 Å². The molecule has 2 aliphatic rings. The van der Waals surface area contributed by atoms with Crippen LogP contribution in [0.25, 0.3) is 0 Å². The Morgan fingerprint density at radius 1 is 1.10 bits per heavy atom. The Morgan fingerprint density at radius 3 is 2.40 bits per heavy atom. The van der Waals surface area contributed by atoms with Crippen LogP contribution in [0.4, 0.5) is 0 Å². The SMILES string of the molecule is CC1CC(C(Br)c2ccc(C3CCCCC3)cc2)CO1. The van der Waals surface area contributed by atoms with E-state index in [2.05, 4.69) is 47.1 Å². The topological polar surface area (TPSA) is 9.23 Å². The summed E-state index contributed by atoms with van der Waals surface area (Å²) in [6, 6.07) is 9.37. The standard InChI is InChI=1S/C18H25BrO/c1-13-11-17(12-20-13)18(19)16-9-7-15(8-10-16)14-5-3-2-4-6-14/h7-10,13-14,17-18H,2-6,11-12H2,1H3. The summed E-state index contributed by atoms with van der Waals surface area (Å²) < 4.78 is 5.70. The number of benzene rings is 1. The van der Waals surface area contributed by atoms with Gasteiger partial charge in [-0.2, -0.15) is 0 Å². The predicted octanol–water partition coefficient (Wildman–Crippen LogP) is 5.60. The second-order valence-electron chi connectivity index (χ2n) is 6.54. The normalized spacial score (nSPS) is 29.5. The maximum Gasteiger partial charge on any atom is 0.0551 e. The average molecular weight is 337 g/mol. The Kier molecular flexibility index (Phi) is 4.83. The highest BCUT2D eigenvalue weighted by Crippen LogP contribution is 2.39. The molecular formula is C18H25BrO. The van der Waals surface area contributed by atoms with Gasteiger partial charge in [0.1, 0.15) is 0 Å². The van der Waals surface area contributed by atoms with Crippen LogP contribution in [0.5, 0.6) is 0 Å². The molecule has 0 bridgehead atoms. The summed E-state index contributed by atoms with van der Waals surface area (Å²) >= 11 is 3.88. The average Bonchev–Trinajstić information content (AvgIpc) is 2.94. The van der Waals surface area contributed by atoms with Gasteiger partial charge in [-0.3, -0.25) is 0 Å². The Hall–Kier alpha value is -0.340. The molecule has 20 heavy (non-hydrogen) atoms. The molecule has 0 aromatic heterocycles. The summed E-state index contributed by atoms with van der Waals surface area (Å²) in [4.78, 5) is 0.438. The van der Waals surface area contributed by atoms with E-state index in [0.717, 1.165) is 12.5 Å². The molecule has 110 valence electrons. The lowest BCUT2D eigenvalue weighted by atomic mass is 9.83. The molecule has 1 aliphatic heterocycles. The van der Waals surface area contributed by atoms with Crippen LogP contribution in [0.1, 0.15) is 67.3 Å². The lowest BCUT2D eigenvalue weighted by Gasteiger charge is -2.23. The summed E-state index contributed by atoms with van der Waals surface area (Å²) in [7, 11) is 0. The van der Waals surface area contributed by atoms with Crippen molar-refractivity contribution in [3.63, 3.8) is 0 Å². The third kappa shape index (κ3) is 3.28. The molecule has 0 spiro atoms. The van der Waals surface area contributed by atoms with Crippen LogP contribution in [0, 0.1) is 5.92 Å². The summed E-state index contributed by atoms with van der Waals surface area (Å²) in [6.45, 7) is 3.06. The van der Waals surface area contributed by atoms with Crippen molar-refractivity contribution in [1.29, 1.82) is 0 Å². The number of rotatable bonds is 3. The highest BCUT2D eigenvalue weighted by atomic mass is 79.9. The minimum Gasteiger partial charge on any atom is -0.378 e. The Balaban J connectivity index is 1.66. The molecule has 3 rings (SSSR count). The predicted molar refractivity (Wildman–Crippen MR) is 87.5 cm³/mol. The van der Waals surface area contributed by atoms with Crippen molar-refractivity contribution in [1.82, 2.24) is 0 Å². The summed E-state index contributed by atoms with van der Waals surface area (Å²) in [6.07, 6.45) is 8.59. The molecule has 0 N–H and O–H groups in total. The van der Waals surface area contributed by atoms with Crippen molar-refractivity contribution in [2.24, 2.45) is 5.92 Å². The van der Waals surface area contributed by atoms with Crippen LogP contribution in [-0.2, 0) is 4.74 Å². The van der Waals surface area contributed by atoms with Crippen LogP contribution in [-0.4, -0.2) is 12.7 Å². The van der Waals surface area contributed by atoms with Gasteiger partial charge in [-0.15, -0.1) is 0 Å². The van der Waals surface area contributed by atoms with Crippen molar-refractivity contribution >= 4 is 15.9 Å². The van der Waals surface area contributed by atoms with Gasteiger partial charge in [0.2, 0.25) is 0 Å². The fourth-order valence-electron chi connectivity index (χ4n) is 3.71. The van der Waals surface area contributed by atoms with Gasteiger partial charge >= 0.3 is 0 Å². The van der Waals surface area contributed by atoms with E-state index in [0.29, 0.717) is 16.8 Å².